The van der Waals surface area contributed by atoms with E-state index in [4.69, 9.17) is 4.74 Å². The fraction of sp³-hybridized carbons (Fsp3) is 0.588. The van der Waals surface area contributed by atoms with E-state index in [0.717, 1.165) is 30.8 Å². The van der Waals surface area contributed by atoms with Crippen LogP contribution in [0.2, 0.25) is 0 Å². The normalized spacial score (nSPS) is 21.5. The fourth-order valence-electron chi connectivity index (χ4n) is 2.93. The van der Waals surface area contributed by atoms with Crippen LogP contribution in [0.3, 0.4) is 0 Å². The molecule has 21 heavy (non-hydrogen) atoms. The number of rotatable bonds is 6. The minimum absolute atomic E-state index is 0.157. The molecule has 4 nitrogen and oxygen atoms in total. The van der Waals surface area contributed by atoms with E-state index in [1.165, 1.54) is 0 Å². The van der Waals surface area contributed by atoms with Crippen molar-refractivity contribution in [3.8, 4) is 5.75 Å². The van der Waals surface area contributed by atoms with Gasteiger partial charge in [0.25, 0.3) is 0 Å². The van der Waals surface area contributed by atoms with Crippen LogP contribution in [0.1, 0.15) is 32.8 Å². The Bertz CT molecular complexity index is 479. The second-order valence-corrected chi connectivity index (χ2v) is 6.00. The molecule has 4 heteroatoms. The number of hydrogen-bond acceptors (Lipinski definition) is 3. The summed E-state index contributed by atoms with van der Waals surface area (Å²) in [4.78, 5) is 12.6. The summed E-state index contributed by atoms with van der Waals surface area (Å²) in [6.45, 7) is 9.12. The van der Waals surface area contributed by atoms with Gasteiger partial charge in [0.15, 0.2) is 0 Å². The molecule has 2 rings (SSSR count). The van der Waals surface area contributed by atoms with Gasteiger partial charge in [-0.3, -0.25) is 4.79 Å². The van der Waals surface area contributed by atoms with Crippen LogP contribution in [-0.4, -0.2) is 25.6 Å². The van der Waals surface area contributed by atoms with Crippen LogP contribution < -0.4 is 15.4 Å². The van der Waals surface area contributed by atoms with E-state index in [9.17, 15) is 4.79 Å². The molecule has 1 atom stereocenters. The maximum Gasteiger partial charge on any atom is 0.228 e. The van der Waals surface area contributed by atoms with Crippen LogP contribution >= 0.6 is 0 Å². The number of hydrogen-bond donors (Lipinski definition) is 2. The van der Waals surface area contributed by atoms with Crippen molar-refractivity contribution in [3.63, 3.8) is 0 Å². The third kappa shape index (κ3) is 3.56. The second-order valence-electron chi connectivity index (χ2n) is 6.00. The van der Waals surface area contributed by atoms with E-state index in [2.05, 4.69) is 24.5 Å². The minimum atomic E-state index is -0.266. The van der Waals surface area contributed by atoms with Crippen molar-refractivity contribution in [2.75, 3.05) is 19.7 Å². The first-order valence-electron chi connectivity index (χ1n) is 7.79. The average Bonchev–Trinajstić information content (AvgIpc) is 2.96. The highest BCUT2D eigenvalue weighted by atomic mass is 16.5. The van der Waals surface area contributed by atoms with Crippen molar-refractivity contribution in [2.45, 2.75) is 33.7 Å². The van der Waals surface area contributed by atoms with Gasteiger partial charge in [-0.1, -0.05) is 26.0 Å². The largest absolute Gasteiger partial charge is 0.494 e. The molecular formula is C17H26N2O2. The van der Waals surface area contributed by atoms with Gasteiger partial charge >= 0.3 is 0 Å². The van der Waals surface area contributed by atoms with Crippen molar-refractivity contribution in [1.82, 2.24) is 10.6 Å². The highest BCUT2D eigenvalue weighted by Crippen LogP contribution is 2.34. The molecule has 1 amide bonds. The lowest BCUT2D eigenvalue weighted by Crippen LogP contribution is -2.45. The van der Waals surface area contributed by atoms with Crippen molar-refractivity contribution in [2.24, 2.45) is 11.3 Å². The second kappa shape index (κ2) is 6.94. The summed E-state index contributed by atoms with van der Waals surface area (Å²) < 4.78 is 5.49. The minimum Gasteiger partial charge on any atom is -0.494 e. The van der Waals surface area contributed by atoms with Crippen LogP contribution in [0.15, 0.2) is 24.3 Å². The molecule has 1 saturated heterocycles. The zero-order chi connectivity index (χ0) is 15.3. The molecule has 0 bridgehead atoms. The fourth-order valence-corrected chi connectivity index (χ4v) is 2.93. The van der Waals surface area contributed by atoms with Gasteiger partial charge in [0.05, 0.1) is 12.0 Å². The Morgan fingerprint density at radius 2 is 2.29 bits per heavy atom. The first-order chi connectivity index (χ1) is 10.1. The Balaban J connectivity index is 1.98. The molecule has 1 unspecified atom stereocenters. The lowest BCUT2D eigenvalue weighted by molar-refractivity contribution is -0.132. The van der Waals surface area contributed by atoms with Crippen molar-refractivity contribution in [1.29, 1.82) is 0 Å². The van der Waals surface area contributed by atoms with E-state index in [1.807, 2.05) is 31.2 Å². The van der Waals surface area contributed by atoms with Crippen molar-refractivity contribution >= 4 is 5.91 Å². The summed E-state index contributed by atoms with van der Waals surface area (Å²) in [6, 6.07) is 7.89. The molecular weight excluding hydrogens is 264 g/mol. The van der Waals surface area contributed by atoms with E-state index in [1.54, 1.807) is 0 Å². The van der Waals surface area contributed by atoms with Crippen LogP contribution in [0.25, 0.3) is 0 Å². The molecule has 0 aromatic heterocycles. The zero-order valence-corrected chi connectivity index (χ0v) is 13.2. The Morgan fingerprint density at radius 1 is 1.48 bits per heavy atom. The monoisotopic (exact) mass is 290 g/mol. The van der Waals surface area contributed by atoms with Gasteiger partial charge in [-0.2, -0.15) is 0 Å². The van der Waals surface area contributed by atoms with Crippen LogP contribution in [-0.2, 0) is 11.3 Å². The Hall–Kier alpha value is -1.55. The van der Waals surface area contributed by atoms with Crippen LogP contribution in [0, 0.1) is 11.3 Å². The maximum absolute atomic E-state index is 12.6. The van der Waals surface area contributed by atoms with Gasteiger partial charge in [-0.05, 0) is 43.5 Å². The Labute approximate surface area is 127 Å². The third-order valence-electron chi connectivity index (χ3n) is 4.41. The summed E-state index contributed by atoms with van der Waals surface area (Å²) >= 11 is 0. The highest BCUT2D eigenvalue weighted by Gasteiger charge is 2.43. The first-order valence-corrected chi connectivity index (χ1v) is 7.79. The standard InChI is InChI=1S/C17H26N2O2/c1-4-21-15-7-5-6-14(10-15)11-19-16(20)17(13(2)3)8-9-18-12-17/h5-7,10,13,18H,4,8-9,11-12H2,1-3H3,(H,19,20). The van der Waals surface area contributed by atoms with Gasteiger partial charge in [0.2, 0.25) is 5.91 Å². The molecule has 1 aromatic rings. The molecule has 1 fully saturated rings. The smallest absolute Gasteiger partial charge is 0.228 e. The maximum atomic E-state index is 12.6. The van der Waals surface area contributed by atoms with Gasteiger partial charge in [0, 0.05) is 13.1 Å². The molecule has 0 saturated carbocycles. The number of carbonyl (C=O) groups is 1. The summed E-state index contributed by atoms with van der Waals surface area (Å²) in [5.41, 5.74) is 0.802. The first kappa shape index (κ1) is 15.8. The molecule has 1 aliphatic rings. The van der Waals surface area contributed by atoms with E-state index in [0.29, 0.717) is 19.1 Å². The molecule has 0 aliphatic carbocycles. The molecule has 0 radical (unpaired) electrons. The van der Waals surface area contributed by atoms with E-state index < -0.39 is 0 Å². The number of amides is 1. The predicted molar refractivity (Wildman–Crippen MR) is 84.2 cm³/mol. The summed E-state index contributed by atoms with van der Waals surface area (Å²) in [5, 5.41) is 6.42. The predicted octanol–water partition coefficient (Wildman–Crippen LogP) is 2.34. The SMILES string of the molecule is CCOc1cccc(CNC(=O)C2(C(C)C)CCNC2)c1. The van der Waals surface area contributed by atoms with E-state index in [-0.39, 0.29) is 11.3 Å². The number of ether oxygens (including phenoxy) is 1. The number of nitrogens with one attached hydrogen (secondary N) is 2. The van der Waals surface area contributed by atoms with E-state index >= 15 is 0 Å². The molecule has 2 N–H and O–H groups in total. The third-order valence-corrected chi connectivity index (χ3v) is 4.41. The summed E-state index contributed by atoms with van der Waals surface area (Å²) in [6.07, 6.45) is 0.912. The van der Waals surface area contributed by atoms with Gasteiger partial charge in [-0.15, -0.1) is 0 Å². The number of carbonyl (C=O) groups excluding carboxylic acids is 1. The Morgan fingerprint density at radius 3 is 2.90 bits per heavy atom. The van der Waals surface area contributed by atoms with Crippen LogP contribution in [0.5, 0.6) is 5.75 Å². The highest BCUT2D eigenvalue weighted by molar-refractivity contribution is 5.83. The molecule has 0 spiro atoms. The Kier molecular flexibility index (Phi) is 5.23. The lowest BCUT2D eigenvalue weighted by atomic mass is 9.75. The quantitative estimate of drug-likeness (QED) is 0.845. The molecule has 1 heterocycles. The molecule has 116 valence electrons. The molecule has 1 aliphatic heterocycles. The lowest BCUT2D eigenvalue weighted by Gasteiger charge is -2.31. The van der Waals surface area contributed by atoms with Gasteiger partial charge in [0.1, 0.15) is 5.75 Å². The topological polar surface area (TPSA) is 50.4 Å². The number of benzene rings is 1. The zero-order valence-electron chi connectivity index (χ0n) is 13.2. The van der Waals surface area contributed by atoms with Crippen molar-refractivity contribution in [3.05, 3.63) is 29.8 Å². The van der Waals surface area contributed by atoms with Crippen LogP contribution in [0.4, 0.5) is 0 Å². The average molecular weight is 290 g/mol. The summed E-state index contributed by atoms with van der Waals surface area (Å²) in [5.74, 6) is 1.34. The summed E-state index contributed by atoms with van der Waals surface area (Å²) in [7, 11) is 0. The van der Waals surface area contributed by atoms with Gasteiger partial charge < -0.3 is 15.4 Å². The molecule has 1 aromatic carbocycles. The van der Waals surface area contributed by atoms with Gasteiger partial charge in [-0.25, -0.2) is 0 Å². The van der Waals surface area contributed by atoms with Crippen molar-refractivity contribution < 1.29 is 9.53 Å².